The summed E-state index contributed by atoms with van der Waals surface area (Å²) in [5.74, 6) is -1.44. The van der Waals surface area contributed by atoms with E-state index in [0.717, 1.165) is 57.1 Å². The van der Waals surface area contributed by atoms with Crippen molar-refractivity contribution in [2.24, 2.45) is 5.92 Å². The summed E-state index contributed by atoms with van der Waals surface area (Å²) in [5.41, 5.74) is 0.940. The molecule has 39 heavy (non-hydrogen) atoms. The van der Waals surface area contributed by atoms with E-state index in [4.69, 9.17) is 14.0 Å². The zero-order valence-electron chi connectivity index (χ0n) is 21.3. The number of aryl methyl sites for hydroxylation is 1. The summed E-state index contributed by atoms with van der Waals surface area (Å²) in [6.07, 6.45) is 7.78. The van der Waals surface area contributed by atoms with Gasteiger partial charge in [-0.3, -0.25) is 15.0 Å². The molecule has 3 aromatic rings. The molecule has 1 fully saturated rings. The number of rotatable bonds is 9. The second-order valence-electron chi connectivity index (χ2n) is 9.69. The lowest BCUT2D eigenvalue weighted by molar-refractivity contribution is -0.385. The molecule has 0 radical (unpaired) electrons. The fourth-order valence-corrected chi connectivity index (χ4v) is 4.93. The summed E-state index contributed by atoms with van der Waals surface area (Å²) in [6.45, 7) is 3.23. The van der Waals surface area contributed by atoms with E-state index < -0.39 is 28.3 Å². The van der Waals surface area contributed by atoms with Crippen LogP contribution in [-0.2, 0) is 22.6 Å². The highest BCUT2D eigenvalue weighted by Crippen LogP contribution is 2.44. The number of carbonyl (C=O) groups is 2. The van der Waals surface area contributed by atoms with Gasteiger partial charge in [-0.2, -0.15) is 4.98 Å². The number of hydrogen-bond acceptors (Lipinski definition) is 10. The highest BCUT2D eigenvalue weighted by Gasteiger charge is 2.31. The summed E-state index contributed by atoms with van der Waals surface area (Å²) in [6, 6.07) is 13.0. The molecule has 1 aromatic heterocycles. The predicted molar refractivity (Wildman–Crippen MR) is 139 cm³/mol. The van der Waals surface area contributed by atoms with Crippen LogP contribution in [0.3, 0.4) is 0 Å². The monoisotopic (exact) mass is 532 g/mol. The Labute approximate surface area is 224 Å². The van der Waals surface area contributed by atoms with Crippen molar-refractivity contribution in [3.05, 3.63) is 76.1 Å². The van der Waals surface area contributed by atoms with Gasteiger partial charge < -0.3 is 14.0 Å². The van der Waals surface area contributed by atoms with Crippen LogP contribution in [0.4, 0.5) is 5.69 Å². The molecule has 0 atom stereocenters. The second kappa shape index (κ2) is 12.0. The lowest BCUT2D eigenvalue weighted by Crippen LogP contribution is -2.33. The number of unbranched alkanes of at least 4 members (excludes halogenated alkanes) is 1. The SMILES string of the molecule is O=C1/C=C/C(=O)Oc2c([N+](=O)[O-])ccc(-c3nc(CCCCC4CCN(Cc5ccccc5)CC4)no3)c2O1. The van der Waals surface area contributed by atoms with Gasteiger partial charge >= 0.3 is 17.6 Å². The third-order valence-corrected chi connectivity index (χ3v) is 6.97. The molecule has 0 aliphatic carbocycles. The first-order valence-corrected chi connectivity index (χ1v) is 13.0. The van der Waals surface area contributed by atoms with Crippen molar-refractivity contribution in [2.45, 2.75) is 45.1 Å². The van der Waals surface area contributed by atoms with Crippen LogP contribution < -0.4 is 9.47 Å². The molecular formula is C28H28N4O7. The Kier molecular flexibility index (Phi) is 8.07. The van der Waals surface area contributed by atoms with Crippen LogP contribution in [-0.4, -0.2) is 45.0 Å². The van der Waals surface area contributed by atoms with Crippen molar-refractivity contribution in [1.82, 2.24) is 15.0 Å². The Hall–Kier alpha value is -4.38. The van der Waals surface area contributed by atoms with E-state index in [1.807, 2.05) is 6.07 Å². The molecule has 0 saturated carbocycles. The van der Waals surface area contributed by atoms with Crippen LogP contribution in [0.5, 0.6) is 11.5 Å². The van der Waals surface area contributed by atoms with Gasteiger partial charge in [-0.05, 0) is 49.9 Å². The van der Waals surface area contributed by atoms with Gasteiger partial charge in [0.25, 0.3) is 11.6 Å². The molecule has 1 saturated heterocycles. The average molecular weight is 533 g/mol. The first-order valence-electron chi connectivity index (χ1n) is 13.0. The average Bonchev–Trinajstić information content (AvgIpc) is 3.40. The maximum Gasteiger partial charge on any atom is 0.336 e. The Morgan fingerprint density at radius 1 is 0.949 bits per heavy atom. The lowest BCUT2D eigenvalue weighted by atomic mass is 9.91. The van der Waals surface area contributed by atoms with E-state index in [-0.39, 0.29) is 17.2 Å². The van der Waals surface area contributed by atoms with Gasteiger partial charge in [0.05, 0.1) is 10.5 Å². The van der Waals surface area contributed by atoms with E-state index in [2.05, 4.69) is 39.3 Å². The van der Waals surface area contributed by atoms with Crippen molar-refractivity contribution in [1.29, 1.82) is 0 Å². The molecule has 202 valence electrons. The Bertz CT molecular complexity index is 1380. The van der Waals surface area contributed by atoms with E-state index in [1.54, 1.807) is 0 Å². The van der Waals surface area contributed by atoms with Crippen LogP contribution in [0.25, 0.3) is 11.5 Å². The number of piperidine rings is 1. The number of esters is 2. The maximum atomic E-state index is 12.1. The fraction of sp³-hybridized carbons (Fsp3) is 0.357. The Morgan fingerprint density at radius 2 is 1.67 bits per heavy atom. The minimum absolute atomic E-state index is 0.00957. The van der Waals surface area contributed by atoms with Gasteiger partial charge in [0.2, 0.25) is 0 Å². The molecule has 11 nitrogen and oxygen atoms in total. The van der Waals surface area contributed by atoms with E-state index >= 15 is 0 Å². The van der Waals surface area contributed by atoms with Gasteiger partial charge in [0, 0.05) is 31.2 Å². The molecule has 2 aliphatic heterocycles. The molecule has 2 aliphatic rings. The van der Waals surface area contributed by atoms with Crippen molar-refractivity contribution in [3.63, 3.8) is 0 Å². The zero-order chi connectivity index (χ0) is 27.2. The number of hydrogen-bond donors (Lipinski definition) is 0. The normalized spacial score (nSPS) is 17.0. The number of ether oxygens (including phenoxy) is 2. The number of carbonyl (C=O) groups excluding carboxylic acids is 2. The van der Waals surface area contributed by atoms with Crippen molar-refractivity contribution in [2.75, 3.05) is 13.1 Å². The molecule has 0 N–H and O–H groups in total. The fourth-order valence-electron chi connectivity index (χ4n) is 4.93. The molecule has 0 bridgehead atoms. The Balaban J connectivity index is 1.16. The largest absolute Gasteiger partial charge is 0.418 e. The topological polar surface area (TPSA) is 138 Å². The summed E-state index contributed by atoms with van der Waals surface area (Å²) in [5, 5.41) is 15.5. The first-order chi connectivity index (χ1) is 19.0. The maximum absolute atomic E-state index is 12.1. The first kappa shape index (κ1) is 26.2. The smallest absolute Gasteiger partial charge is 0.336 e. The van der Waals surface area contributed by atoms with Gasteiger partial charge in [0.1, 0.15) is 0 Å². The zero-order valence-corrected chi connectivity index (χ0v) is 21.3. The van der Waals surface area contributed by atoms with E-state index in [0.29, 0.717) is 18.2 Å². The molecule has 0 amide bonds. The highest BCUT2D eigenvalue weighted by molar-refractivity contribution is 5.97. The molecule has 0 unspecified atom stereocenters. The number of nitro benzene ring substituents is 1. The van der Waals surface area contributed by atoms with Gasteiger partial charge in [-0.15, -0.1) is 0 Å². The second-order valence-corrected chi connectivity index (χ2v) is 9.69. The van der Waals surface area contributed by atoms with Crippen molar-refractivity contribution >= 4 is 17.6 Å². The molecule has 2 aromatic carbocycles. The molecule has 3 heterocycles. The third kappa shape index (κ3) is 6.55. The van der Waals surface area contributed by atoms with E-state index in [9.17, 15) is 19.7 Å². The standard InChI is InChI=1S/C28H28N4O7/c33-24-12-13-25(34)38-27-22(32(35)36)11-10-21(26(27)37-24)28-29-23(30-39-28)9-5-4-6-19-14-16-31(17-15-19)18-20-7-2-1-3-8-20/h1-3,7-8,10-13,19H,4-6,9,14-18H2/b13-12+. The number of nitro groups is 1. The lowest BCUT2D eigenvalue weighted by Gasteiger charge is -2.32. The summed E-state index contributed by atoms with van der Waals surface area (Å²) in [7, 11) is 0. The minimum atomic E-state index is -0.943. The number of benzene rings is 2. The molecular weight excluding hydrogens is 504 g/mol. The third-order valence-electron chi connectivity index (χ3n) is 6.97. The van der Waals surface area contributed by atoms with Crippen LogP contribution in [0, 0.1) is 16.0 Å². The number of aromatic nitrogens is 2. The Morgan fingerprint density at radius 3 is 2.38 bits per heavy atom. The minimum Gasteiger partial charge on any atom is -0.418 e. The summed E-state index contributed by atoms with van der Waals surface area (Å²) in [4.78, 5) is 41.6. The summed E-state index contributed by atoms with van der Waals surface area (Å²) >= 11 is 0. The van der Waals surface area contributed by atoms with Gasteiger partial charge in [-0.25, -0.2) is 9.59 Å². The van der Waals surface area contributed by atoms with E-state index in [1.165, 1.54) is 24.5 Å². The van der Waals surface area contributed by atoms with Crippen LogP contribution in [0.15, 0.2) is 59.1 Å². The van der Waals surface area contributed by atoms with Crippen LogP contribution in [0.2, 0.25) is 0 Å². The molecule has 11 heteroatoms. The summed E-state index contributed by atoms with van der Waals surface area (Å²) < 4.78 is 15.7. The molecule has 0 spiro atoms. The predicted octanol–water partition coefficient (Wildman–Crippen LogP) is 4.65. The van der Waals surface area contributed by atoms with Crippen molar-refractivity contribution < 1.29 is 28.5 Å². The van der Waals surface area contributed by atoms with Crippen molar-refractivity contribution in [3.8, 4) is 23.0 Å². The van der Waals surface area contributed by atoms with Gasteiger partial charge in [-0.1, -0.05) is 48.3 Å². The van der Waals surface area contributed by atoms with Crippen LogP contribution in [0.1, 0.15) is 43.5 Å². The number of likely N-dealkylation sites (tertiary alicyclic amines) is 1. The molecule has 5 rings (SSSR count). The van der Waals surface area contributed by atoms with Crippen LogP contribution >= 0.6 is 0 Å². The highest BCUT2D eigenvalue weighted by atomic mass is 16.6. The van der Waals surface area contributed by atoms with Gasteiger partial charge in [0.15, 0.2) is 11.6 Å². The number of nitrogens with zero attached hydrogens (tertiary/aromatic N) is 4. The number of fused-ring (bicyclic) bond motifs is 1. The quantitative estimate of drug-likeness (QED) is 0.126.